The van der Waals surface area contributed by atoms with Crippen molar-refractivity contribution in [3.8, 4) is 0 Å². The van der Waals surface area contributed by atoms with Crippen LogP contribution in [-0.4, -0.2) is 31.2 Å². The predicted molar refractivity (Wildman–Crippen MR) is 113 cm³/mol. The van der Waals surface area contributed by atoms with Crippen LogP contribution < -0.4 is 15.8 Å². The van der Waals surface area contributed by atoms with Gasteiger partial charge in [0.2, 0.25) is 21.8 Å². The molecule has 1 atom stereocenters. The van der Waals surface area contributed by atoms with Crippen LogP contribution in [0.1, 0.15) is 18.1 Å². The minimum absolute atomic E-state index is 0.0388. The van der Waals surface area contributed by atoms with Crippen molar-refractivity contribution in [2.24, 2.45) is 5.14 Å². The molecular formula is C19H23N3O4S2. The summed E-state index contributed by atoms with van der Waals surface area (Å²) in [5.74, 6) is -0.434. The second kappa shape index (κ2) is 9.22. The van der Waals surface area contributed by atoms with E-state index in [9.17, 15) is 18.0 Å². The summed E-state index contributed by atoms with van der Waals surface area (Å²) in [5.41, 5.74) is 2.62. The predicted octanol–water partition coefficient (Wildman–Crippen LogP) is 2.65. The van der Waals surface area contributed by atoms with E-state index in [2.05, 4.69) is 10.6 Å². The van der Waals surface area contributed by atoms with E-state index in [1.807, 2.05) is 31.2 Å². The number of rotatable bonds is 7. The number of anilines is 2. The van der Waals surface area contributed by atoms with Crippen molar-refractivity contribution in [2.45, 2.75) is 30.9 Å². The number of sulfonamides is 1. The summed E-state index contributed by atoms with van der Waals surface area (Å²) < 4.78 is 23.2. The molecule has 0 unspecified atom stereocenters. The van der Waals surface area contributed by atoms with Gasteiger partial charge in [0, 0.05) is 11.4 Å². The van der Waals surface area contributed by atoms with Crippen molar-refractivity contribution < 1.29 is 18.0 Å². The maximum Gasteiger partial charge on any atom is 0.238 e. The third kappa shape index (κ3) is 6.36. The van der Waals surface area contributed by atoms with Gasteiger partial charge in [0.15, 0.2) is 0 Å². The quantitative estimate of drug-likeness (QED) is 0.635. The molecule has 2 aromatic carbocycles. The number of nitrogens with two attached hydrogens (primary N) is 1. The Hall–Kier alpha value is -2.36. The van der Waals surface area contributed by atoms with E-state index in [1.54, 1.807) is 26.0 Å². The highest BCUT2D eigenvalue weighted by atomic mass is 32.2. The lowest BCUT2D eigenvalue weighted by molar-refractivity contribution is -0.115. The normalized spacial score (nSPS) is 12.3. The Bertz CT molecular complexity index is 973. The first-order chi connectivity index (χ1) is 13.1. The lowest BCUT2D eigenvalue weighted by Gasteiger charge is -2.13. The van der Waals surface area contributed by atoms with Crippen molar-refractivity contribution in [1.29, 1.82) is 0 Å². The summed E-state index contributed by atoms with van der Waals surface area (Å²) in [5, 5.41) is 10.1. The number of amides is 2. The third-order valence-electron chi connectivity index (χ3n) is 3.93. The van der Waals surface area contributed by atoms with Crippen molar-refractivity contribution in [2.75, 3.05) is 16.4 Å². The highest BCUT2D eigenvalue weighted by Crippen LogP contribution is 2.20. The summed E-state index contributed by atoms with van der Waals surface area (Å²) in [6.07, 6.45) is 0. The molecule has 2 aromatic rings. The lowest BCUT2D eigenvalue weighted by Crippen LogP contribution is -2.25. The van der Waals surface area contributed by atoms with Gasteiger partial charge in [-0.1, -0.05) is 23.8 Å². The molecule has 2 rings (SSSR count). The summed E-state index contributed by atoms with van der Waals surface area (Å²) in [6.45, 7) is 5.26. The molecule has 0 heterocycles. The zero-order chi connectivity index (χ0) is 20.9. The van der Waals surface area contributed by atoms with Gasteiger partial charge in [-0.3, -0.25) is 9.59 Å². The molecule has 0 aliphatic carbocycles. The van der Waals surface area contributed by atoms with Gasteiger partial charge >= 0.3 is 0 Å². The van der Waals surface area contributed by atoms with E-state index in [0.29, 0.717) is 16.9 Å². The Morgan fingerprint density at radius 1 is 1.04 bits per heavy atom. The number of nitrogens with one attached hydrogen (secondary N) is 2. The maximum atomic E-state index is 12.3. The third-order valence-corrected chi connectivity index (χ3v) is 6.13. The van der Waals surface area contributed by atoms with Crippen LogP contribution >= 0.6 is 11.8 Å². The Kier molecular flexibility index (Phi) is 7.22. The second-order valence-electron chi connectivity index (χ2n) is 6.38. The van der Waals surface area contributed by atoms with E-state index in [4.69, 9.17) is 5.14 Å². The number of benzene rings is 2. The van der Waals surface area contributed by atoms with Gasteiger partial charge < -0.3 is 10.6 Å². The topological polar surface area (TPSA) is 118 Å². The average Bonchev–Trinajstić information content (AvgIpc) is 2.62. The molecule has 4 N–H and O–H groups in total. The molecule has 0 saturated carbocycles. The fourth-order valence-corrected chi connectivity index (χ4v) is 3.83. The molecular weight excluding hydrogens is 398 g/mol. The minimum Gasteiger partial charge on any atom is -0.325 e. The highest BCUT2D eigenvalue weighted by molar-refractivity contribution is 8.01. The maximum absolute atomic E-state index is 12.3. The summed E-state index contributed by atoms with van der Waals surface area (Å²) in [4.78, 5) is 24.3. The first-order valence-electron chi connectivity index (χ1n) is 8.48. The van der Waals surface area contributed by atoms with Crippen molar-refractivity contribution >= 4 is 45.0 Å². The van der Waals surface area contributed by atoms with Crippen LogP contribution in [0.15, 0.2) is 47.4 Å². The molecule has 7 nitrogen and oxygen atoms in total. The summed E-state index contributed by atoms with van der Waals surface area (Å²) >= 11 is 1.18. The van der Waals surface area contributed by atoms with Crippen LogP contribution in [0.5, 0.6) is 0 Å². The van der Waals surface area contributed by atoms with E-state index in [0.717, 1.165) is 5.56 Å². The summed E-state index contributed by atoms with van der Waals surface area (Å²) in [7, 11) is -3.88. The zero-order valence-corrected chi connectivity index (χ0v) is 17.5. The van der Waals surface area contributed by atoms with Crippen LogP contribution in [0.3, 0.4) is 0 Å². The van der Waals surface area contributed by atoms with Gasteiger partial charge in [-0.05, 0) is 50.6 Å². The number of carbonyl (C=O) groups is 2. The molecule has 2 amide bonds. The SMILES string of the molecule is Cc1ccc(NC(=O)CS[C@H](C)C(=O)Nc2ccc(C)c(S(N)(=O)=O)c2)cc1. The van der Waals surface area contributed by atoms with Crippen molar-refractivity contribution in [3.63, 3.8) is 0 Å². The molecule has 0 aliphatic rings. The van der Waals surface area contributed by atoms with Gasteiger partial charge in [0.1, 0.15) is 0 Å². The molecule has 0 saturated heterocycles. The Morgan fingerprint density at radius 3 is 2.25 bits per heavy atom. The Morgan fingerprint density at radius 2 is 1.64 bits per heavy atom. The van der Waals surface area contributed by atoms with Gasteiger partial charge in [-0.2, -0.15) is 0 Å². The minimum atomic E-state index is -3.88. The van der Waals surface area contributed by atoms with Crippen molar-refractivity contribution in [1.82, 2.24) is 0 Å². The van der Waals surface area contributed by atoms with E-state index in [-0.39, 0.29) is 22.5 Å². The average molecular weight is 422 g/mol. The van der Waals surface area contributed by atoms with Crippen molar-refractivity contribution in [3.05, 3.63) is 53.6 Å². The summed E-state index contributed by atoms with van der Waals surface area (Å²) in [6, 6.07) is 11.9. The number of primary sulfonamides is 1. The molecule has 0 aromatic heterocycles. The molecule has 28 heavy (non-hydrogen) atoms. The largest absolute Gasteiger partial charge is 0.325 e. The van der Waals surface area contributed by atoms with Crippen LogP contribution in [0, 0.1) is 13.8 Å². The molecule has 9 heteroatoms. The van der Waals surface area contributed by atoms with Crippen LogP contribution in [0.25, 0.3) is 0 Å². The van der Waals surface area contributed by atoms with Gasteiger partial charge in [0.05, 0.1) is 15.9 Å². The molecule has 0 fully saturated rings. The highest BCUT2D eigenvalue weighted by Gasteiger charge is 2.17. The zero-order valence-electron chi connectivity index (χ0n) is 15.9. The fourth-order valence-electron chi connectivity index (χ4n) is 2.34. The van der Waals surface area contributed by atoms with Crippen LogP contribution in [-0.2, 0) is 19.6 Å². The van der Waals surface area contributed by atoms with E-state index < -0.39 is 15.3 Å². The van der Waals surface area contributed by atoms with E-state index in [1.165, 1.54) is 17.8 Å². The standard InChI is InChI=1S/C19H23N3O4S2/c1-12-4-7-15(8-5-12)21-18(23)11-27-14(3)19(24)22-16-9-6-13(2)17(10-16)28(20,25)26/h4-10,14H,11H2,1-3H3,(H,21,23)(H,22,24)(H2,20,25,26)/t14-/m1/s1. The molecule has 0 bridgehead atoms. The lowest BCUT2D eigenvalue weighted by atomic mass is 10.2. The number of thioether (sulfide) groups is 1. The van der Waals surface area contributed by atoms with Gasteiger partial charge in [0.25, 0.3) is 0 Å². The smallest absolute Gasteiger partial charge is 0.238 e. The monoisotopic (exact) mass is 421 g/mol. The van der Waals surface area contributed by atoms with E-state index >= 15 is 0 Å². The molecule has 0 radical (unpaired) electrons. The number of aryl methyl sites for hydroxylation is 2. The number of hydrogen-bond donors (Lipinski definition) is 3. The van der Waals surface area contributed by atoms with Crippen LogP contribution in [0.4, 0.5) is 11.4 Å². The number of carbonyl (C=O) groups excluding carboxylic acids is 2. The molecule has 0 spiro atoms. The molecule has 0 aliphatic heterocycles. The fraction of sp³-hybridized carbons (Fsp3) is 0.263. The van der Waals surface area contributed by atoms with Gasteiger partial charge in [-0.25, -0.2) is 13.6 Å². The first kappa shape index (κ1) is 21.9. The molecule has 150 valence electrons. The number of hydrogen-bond acceptors (Lipinski definition) is 5. The second-order valence-corrected chi connectivity index (χ2v) is 9.24. The Balaban J connectivity index is 1.90. The first-order valence-corrected chi connectivity index (χ1v) is 11.1. The Labute approximate surface area is 169 Å². The van der Waals surface area contributed by atoms with Gasteiger partial charge in [-0.15, -0.1) is 11.8 Å². The van der Waals surface area contributed by atoms with Crippen LogP contribution in [0.2, 0.25) is 0 Å².